The lowest BCUT2D eigenvalue weighted by Gasteiger charge is -2.14. The zero-order valence-electron chi connectivity index (χ0n) is 14.2. The van der Waals surface area contributed by atoms with Crippen LogP contribution in [0.2, 0.25) is 5.02 Å². The predicted molar refractivity (Wildman–Crippen MR) is 94.3 cm³/mol. The Hall–Kier alpha value is -0.930. The average molecular weight is 328 g/mol. The molecule has 0 saturated carbocycles. The Morgan fingerprint density at radius 2 is 1.77 bits per heavy atom. The number of ether oxygens (including phenoxy) is 2. The Labute approximate surface area is 140 Å². The van der Waals surface area contributed by atoms with Crippen LogP contribution >= 0.6 is 11.6 Å². The van der Waals surface area contributed by atoms with Crippen LogP contribution < -0.4 is 14.8 Å². The molecule has 0 amide bonds. The van der Waals surface area contributed by atoms with E-state index in [1.165, 1.54) is 32.1 Å². The Balaban J connectivity index is 2.46. The summed E-state index contributed by atoms with van der Waals surface area (Å²) < 4.78 is 11.1. The van der Waals surface area contributed by atoms with E-state index in [1.807, 2.05) is 12.1 Å². The second kappa shape index (κ2) is 11.6. The summed E-state index contributed by atoms with van der Waals surface area (Å²) >= 11 is 6.34. The summed E-state index contributed by atoms with van der Waals surface area (Å²) in [6, 6.07) is 3.83. The van der Waals surface area contributed by atoms with Gasteiger partial charge in [-0.15, -0.1) is 0 Å². The Kier molecular flexibility index (Phi) is 10.1. The summed E-state index contributed by atoms with van der Waals surface area (Å²) in [5, 5.41) is 4.18. The molecule has 0 radical (unpaired) electrons. The van der Waals surface area contributed by atoms with Crippen LogP contribution in [0.3, 0.4) is 0 Å². The number of hydrogen-bond donors (Lipinski definition) is 1. The van der Waals surface area contributed by atoms with Crippen molar-refractivity contribution in [2.24, 2.45) is 0 Å². The minimum absolute atomic E-state index is 0.669. The number of rotatable bonds is 12. The van der Waals surface area contributed by atoms with E-state index in [1.54, 1.807) is 7.11 Å². The molecule has 0 aromatic heterocycles. The third-order valence-electron chi connectivity index (χ3n) is 3.57. The zero-order chi connectivity index (χ0) is 16.2. The summed E-state index contributed by atoms with van der Waals surface area (Å²) in [6.45, 7) is 6.77. The smallest absolute Gasteiger partial charge is 0.162 e. The molecule has 1 rings (SSSR count). The van der Waals surface area contributed by atoms with Gasteiger partial charge in [-0.3, -0.25) is 0 Å². The molecule has 1 N–H and O–H groups in total. The van der Waals surface area contributed by atoms with Crippen LogP contribution in [0.1, 0.15) is 57.9 Å². The quantitative estimate of drug-likeness (QED) is 0.535. The minimum atomic E-state index is 0.669. The van der Waals surface area contributed by atoms with Crippen molar-refractivity contribution < 1.29 is 9.47 Å². The Morgan fingerprint density at radius 1 is 1.00 bits per heavy atom. The van der Waals surface area contributed by atoms with Crippen molar-refractivity contribution in [1.82, 2.24) is 5.32 Å². The molecule has 0 heterocycles. The van der Waals surface area contributed by atoms with Crippen molar-refractivity contribution in [2.75, 3.05) is 20.3 Å². The maximum Gasteiger partial charge on any atom is 0.162 e. The fourth-order valence-corrected chi connectivity index (χ4v) is 2.49. The van der Waals surface area contributed by atoms with Gasteiger partial charge in [0.1, 0.15) is 0 Å². The lowest BCUT2D eigenvalue weighted by molar-refractivity contribution is 0.294. The maximum absolute atomic E-state index is 6.34. The van der Waals surface area contributed by atoms with Crippen molar-refractivity contribution in [3.63, 3.8) is 0 Å². The first-order valence-electron chi connectivity index (χ1n) is 8.42. The number of methoxy groups -OCH3 is 1. The van der Waals surface area contributed by atoms with Gasteiger partial charge in [0.2, 0.25) is 0 Å². The molecule has 1 aromatic rings. The average Bonchev–Trinajstić information content (AvgIpc) is 2.53. The SMILES string of the molecule is CCCCCCCNCc1cc(OC)c(OCCC)cc1Cl. The number of nitrogens with one attached hydrogen (secondary N) is 1. The van der Waals surface area contributed by atoms with Crippen LogP contribution in [0.4, 0.5) is 0 Å². The van der Waals surface area contributed by atoms with E-state index in [0.29, 0.717) is 6.61 Å². The van der Waals surface area contributed by atoms with Crippen LogP contribution in [0.25, 0.3) is 0 Å². The van der Waals surface area contributed by atoms with Gasteiger partial charge in [0.15, 0.2) is 11.5 Å². The predicted octanol–water partition coefficient (Wildman–Crippen LogP) is 5.20. The standard InChI is InChI=1S/C18H30ClNO2/c1-4-6-7-8-9-10-20-14-15-12-17(21-3)18(13-16(15)19)22-11-5-2/h12-13,20H,4-11,14H2,1-3H3. The fourth-order valence-electron chi connectivity index (χ4n) is 2.27. The Morgan fingerprint density at radius 3 is 2.45 bits per heavy atom. The van der Waals surface area contributed by atoms with E-state index < -0.39 is 0 Å². The molecular weight excluding hydrogens is 298 g/mol. The second-order valence-electron chi connectivity index (χ2n) is 5.53. The molecule has 0 aliphatic heterocycles. The maximum atomic E-state index is 6.34. The summed E-state index contributed by atoms with van der Waals surface area (Å²) in [7, 11) is 1.66. The molecule has 0 saturated heterocycles. The van der Waals surface area contributed by atoms with Gasteiger partial charge in [0, 0.05) is 17.6 Å². The molecule has 0 bridgehead atoms. The third-order valence-corrected chi connectivity index (χ3v) is 3.92. The molecule has 126 valence electrons. The van der Waals surface area contributed by atoms with E-state index in [2.05, 4.69) is 19.2 Å². The van der Waals surface area contributed by atoms with Gasteiger partial charge in [0.25, 0.3) is 0 Å². The molecule has 0 unspecified atom stereocenters. The van der Waals surface area contributed by atoms with Gasteiger partial charge >= 0.3 is 0 Å². The monoisotopic (exact) mass is 327 g/mol. The zero-order valence-corrected chi connectivity index (χ0v) is 15.0. The van der Waals surface area contributed by atoms with E-state index >= 15 is 0 Å². The van der Waals surface area contributed by atoms with Crippen LogP contribution in [0.5, 0.6) is 11.5 Å². The van der Waals surface area contributed by atoms with E-state index in [9.17, 15) is 0 Å². The summed E-state index contributed by atoms with van der Waals surface area (Å²) in [4.78, 5) is 0. The summed E-state index contributed by atoms with van der Waals surface area (Å²) in [5.41, 5.74) is 1.05. The lowest BCUT2D eigenvalue weighted by Crippen LogP contribution is -2.15. The third kappa shape index (κ3) is 6.89. The highest BCUT2D eigenvalue weighted by Crippen LogP contribution is 2.33. The van der Waals surface area contributed by atoms with Gasteiger partial charge in [0.05, 0.1) is 13.7 Å². The fraction of sp³-hybridized carbons (Fsp3) is 0.667. The van der Waals surface area contributed by atoms with Crippen molar-refractivity contribution in [1.29, 1.82) is 0 Å². The lowest BCUT2D eigenvalue weighted by atomic mass is 10.1. The van der Waals surface area contributed by atoms with E-state index in [-0.39, 0.29) is 0 Å². The van der Waals surface area contributed by atoms with Crippen molar-refractivity contribution in [3.05, 3.63) is 22.7 Å². The number of halogens is 1. The van der Waals surface area contributed by atoms with Gasteiger partial charge in [-0.05, 0) is 31.0 Å². The molecular formula is C18H30ClNO2. The van der Waals surface area contributed by atoms with Gasteiger partial charge in [-0.2, -0.15) is 0 Å². The first-order valence-corrected chi connectivity index (χ1v) is 8.80. The van der Waals surface area contributed by atoms with Gasteiger partial charge in [-0.1, -0.05) is 51.1 Å². The molecule has 0 aliphatic rings. The highest BCUT2D eigenvalue weighted by molar-refractivity contribution is 6.31. The second-order valence-corrected chi connectivity index (χ2v) is 5.94. The minimum Gasteiger partial charge on any atom is -0.493 e. The summed E-state index contributed by atoms with van der Waals surface area (Å²) in [5.74, 6) is 1.47. The number of hydrogen-bond acceptors (Lipinski definition) is 3. The van der Waals surface area contributed by atoms with Crippen LogP contribution in [-0.2, 0) is 6.54 Å². The molecule has 0 fully saturated rings. The molecule has 22 heavy (non-hydrogen) atoms. The molecule has 3 nitrogen and oxygen atoms in total. The number of benzene rings is 1. The molecule has 1 aromatic carbocycles. The molecule has 0 atom stereocenters. The highest BCUT2D eigenvalue weighted by atomic mass is 35.5. The Bertz CT molecular complexity index is 424. The first-order chi connectivity index (χ1) is 10.7. The summed E-state index contributed by atoms with van der Waals surface area (Å²) in [6.07, 6.45) is 7.42. The van der Waals surface area contributed by atoms with Gasteiger partial charge in [-0.25, -0.2) is 0 Å². The van der Waals surface area contributed by atoms with E-state index in [4.69, 9.17) is 21.1 Å². The number of unbranched alkanes of at least 4 members (excludes halogenated alkanes) is 4. The highest BCUT2D eigenvalue weighted by Gasteiger charge is 2.10. The first kappa shape index (κ1) is 19.1. The molecule has 4 heteroatoms. The largest absolute Gasteiger partial charge is 0.493 e. The van der Waals surface area contributed by atoms with Crippen molar-refractivity contribution in [2.45, 2.75) is 58.9 Å². The molecule has 0 aliphatic carbocycles. The van der Waals surface area contributed by atoms with E-state index in [0.717, 1.165) is 41.6 Å². The molecule has 0 spiro atoms. The topological polar surface area (TPSA) is 30.5 Å². The normalized spacial score (nSPS) is 10.7. The van der Waals surface area contributed by atoms with Crippen LogP contribution in [0.15, 0.2) is 12.1 Å². The van der Waals surface area contributed by atoms with Gasteiger partial charge < -0.3 is 14.8 Å². The van der Waals surface area contributed by atoms with Crippen molar-refractivity contribution in [3.8, 4) is 11.5 Å². The van der Waals surface area contributed by atoms with Crippen LogP contribution in [-0.4, -0.2) is 20.3 Å². The van der Waals surface area contributed by atoms with Crippen LogP contribution in [0, 0.1) is 0 Å². The van der Waals surface area contributed by atoms with Crippen molar-refractivity contribution >= 4 is 11.6 Å².